The molecule has 1 N–H and O–H groups in total. The third-order valence-corrected chi connectivity index (χ3v) is 5.01. The Hall–Kier alpha value is -2.07. The van der Waals surface area contributed by atoms with Crippen molar-refractivity contribution in [2.45, 2.75) is 53.9 Å². The fourth-order valence-electron chi connectivity index (χ4n) is 2.54. The number of hydrogen-bond donors (Lipinski definition) is 1. The predicted molar refractivity (Wildman–Crippen MR) is 114 cm³/mol. The summed E-state index contributed by atoms with van der Waals surface area (Å²) in [4.78, 5) is 6.61. The number of thiophene rings is 1. The second kappa shape index (κ2) is 10.8. The van der Waals surface area contributed by atoms with E-state index in [9.17, 15) is 5.11 Å². The minimum absolute atomic E-state index is 0.348. The van der Waals surface area contributed by atoms with Crippen LogP contribution < -0.4 is 0 Å². The molecule has 2 aromatic rings. The van der Waals surface area contributed by atoms with Gasteiger partial charge in [0.25, 0.3) is 0 Å². The zero-order chi connectivity index (χ0) is 19.7. The van der Waals surface area contributed by atoms with Crippen LogP contribution >= 0.6 is 11.3 Å². The van der Waals surface area contributed by atoms with Crippen LogP contribution in [-0.4, -0.2) is 18.1 Å². The van der Waals surface area contributed by atoms with Crippen LogP contribution in [0, 0.1) is 6.92 Å². The lowest BCUT2D eigenvalue weighted by Gasteiger charge is -2.13. The molecule has 0 bridgehead atoms. The standard InChI is InChI=1S/C20H25NO2S.C2H6/c1-6-8-17-9-10-18(24-17)20(21-5)23-14(4)16-11-13(3)19(22)15(7-2)12-16;1-2/h9-12,22H,4,6-8H2,1-3,5H3;1-2H3. The second-order valence-corrected chi connectivity index (χ2v) is 6.89. The number of phenolic OH excluding ortho intramolecular Hbond substituents is 1. The van der Waals surface area contributed by atoms with Crippen molar-refractivity contribution in [3.63, 3.8) is 0 Å². The van der Waals surface area contributed by atoms with Gasteiger partial charge >= 0.3 is 0 Å². The average molecular weight is 374 g/mol. The van der Waals surface area contributed by atoms with Gasteiger partial charge in [0, 0.05) is 17.5 Å². The zero-order valence-electron chi connectivity index (χ0n) is 16.8. The van der Waals surface area contributed by atoms with Crippen LogP contribution in [0.5, 0.6) is 5.75 Å². The van der Waals surface area contributed by atoms with Crippen molar-refractivity contribution in [2.24, 2.45) is 4.99 Å². The van der Waals surface area contributed by atoms with Crippen LogP contribution in [0.4, 0.5) is 0 Å². The minimum atomic E-state index is 0.348. The lowest BCUT2D eigenvalue weighted by molar-refractivity contribution is 0.464. The summed E-state index contributed by atoms with van der Waals surface area (Å²) in [5.41, 5.74) is 2.59. The van der Waals surface area contributed by atoms with Crippen molar-refractivity contribution in [2.75, 3.05) is 7.05 Å². The third kappa shape index (κ3) is 5.46. The molecule has 0 radical (unpaired) electrons. The summed E-state index contributed by atoms with van der Waals surface area (Å²) in [6.07, 6.45) is 2.95. The molecule has 142 valence electrons. The van der Waals surface area contributed by atoms with Gasteiger partial charge in [-0.1, -0.05) is 40.7 Å². The third-order valence-electron chi connectivity index (χ3n) is 3.87. The maximum atomic E-state index is 10.1. The maximum Gasteiger partial charge on any atom is 0.231 e. The number of aryl methyl sites for hydroxylation is 3. The molecule has 0 saturated carbocycles. The highest BCUT2D eigenvalue weighted by Crippen LogP contribution is 2.29. The van der Waals surface area contributed by atoms with Crippen LogP contribution in [0.3, 0.4) is 0 Å². The van der Waals surface area contributed by atoms with Crippen molar-refractivity contribution >= 4 is 23.0 Å². The van der Waals surface area contributed by atoms with E-state index in [1.807, 2.05) is 45.9 Å². The van der Waals surface area contributed by atoms with Crippen LogP contribution in [0.25, 0.3) is 5.76 Å². The molecule has 0 aliphatic rings. The number of ether oxygens (including phenoxy) is 1. The van der Waals surface area contributed by atoms with Gasteiger partial charge in [0.1, 0.15) is 11.5 Å². The van der Waals surface area contributed by atoms with Gasteiger partial charge in [0.15, 0.2) is 0 Å². The van der Waals surface area contributed by atoms with Crippen LogP contribution in [-0.2, 0) is 17.6 Å². The highest BCUT2D eigenvalue weighted by atomic mass is 32.1. The summed E-state index contributed by atoms with van der Waals surface area (Å²) < 4.78 is 5.94. The van der Waals surface area contributed by atoms with Crippen molar-refractivity contribution in [1.29, 1.82) is 0 Å². The molecule has 1 aromatic carbocycles. The van der Waals surface area contributed by atoms with Gasteiger partial charge in [-0.2, -0.15) is 0 Å². The first kappa shape index (κ1) is 22.0. The van der Waals surface area contributed by atoms with E-state index in [2.05, 4.69) is 24.6 Å². The molecule has 0 atom stereocenters. The minimum Gasteiger partial charge on any atom is -0.507 e. The fourth-order valence-corrected chi connectivity index (χ4v) is 3.62. The van der Waals surface area contributed by atoms with Gasteiger partial charge in [-0.3, -0.25) is 4.99 Å². The average Bonchev–Trinajstić information content (AvgIpc) is 3.12. The summed E-state index contributed by atoms with van der Waals surface area (Å²) in [6, 6.07) is 7.99. The SMILES string of the molecule is C=C(OC(=NC)c1ccc(CCC)s1)c1cc(C)c(O)c(CC)c1.CC. The van der Waals surface area contributed by atoms with Gasteiger partial charge in [-0.15, -0.1) is 11.3 Å². The highest BCUT2D eigenvalue weighted by Gasteiger charge is 2.13. The van der Waals surface area contributed by atoms with E-state index in [1.165, 1.54) is 4.88 Å². The Labute approximate surface area is 162 Å². The van der Waals surface area contributed by atoms with Crippen LogP contribution in [0.2, 0.25) is 0 Å². The van der Waals surface area contributed by atoms with Gasteiger partial charge in [-0.05, 0) is 55.2 Å². The molecule has 1 aromatic heterocycles. The van der Waals surface area contributed by atoms with E-state index in [4.69, 9.17) is 4.74 Å². The molecule has 0 spiro atoms. The van der Waals surface area contributed by atoms with Gasteiger partial charge < -0.3 is 9.84 Å². The molecule has 0 amide bonds. The van der Waals surface area contributed by atoms with Gasteiger partial charge in [-0.25, -0.2) is 0 Å². The Morgan fingerprint density at radius 1 is 1.23 bits per heavy atom. The molecule has 3 nitrogen and oxygen atoms in total. The van der Waals surface area contributed by atoms with E-state index in [0.29, 0.717) is 17.4 Å². The first-order valence-electron chi connectivity index (χ1n) is 9.25. The molecule has 0 fully saturated rings. The van der Waals surface area contributed by atoms with Gasteiger partial charge in [0.05, 0.1) is 4.88 Å². The van der Waals surface area contributed by atoms with E-state index >= 15 is 0 Å². The Kier molecular flexibility index (Phi) is 9.14. The largest absolute Gasteiger partial charge is 0.507 e. The summed E-state index contributed by atoms with van der Waals surface area (Å²) >= 11 is 1.70. The van der Waals surface area contributed by atoms with Gasteiger partial charge in [0.2, 0.25) is 5.90 Å². The number of nitrogens with zero attached hydrogens (tertiary/aromatic N) is 1. The Morgan fingerprint density at radius 3 is 2.50 bits per heavy atom. The van der Waals surface area contributed by atoms with Crippen LogP contribution in [0.15, 0.2) is 35.8 Å². The molecular formula is C22H31NO2S. The molecule has 2 rings (SSSR count). The van der Waals surface area contributed by atoms with E-state index in [-0.39, 0.29) is 0 Å². The summed E-state index contributed by atoms with van der Waals surface area (Å²) in [6.45, 7) is 14.1. The fraction of sp³-hybridized carbons (Fsp3) is 0.409. The topological polar surface area (TPSA) is 41.8 Å². The van der Waals surface area contributed by atoms with Crippen molar-refractivity contribution in [3.05, 3.63) is 57.3 Å². The molecule has 1 heterocycles. The van der Waals surface area contributed by atoms with E-state index < -0.39 is 0 Å². The lowest BCUT2D eigenvalue weighted by atomic mass is 10.0. The summed E-state index contributed by atoms with van der Waals surface area (Å²) in [7, 11) is 1.72. The van der Waals surface area contributed by atoms with Crippen molar-refractivity contribution in [3.8, 4) is 5.75 Å². The molecule has 4 heteroatoms. The van der Waals surface area contributed by atoms with Crippen molar-refractivity contribution < 1.29 is 9.84 Å². The number of aliphatic imine (C=N–C) groups is 1. The summed E-state index contributed by atoms with van der Waals surface area (Å²) in [5, 5.41) is 10.1. The molecule has 0 aliphatic heterocycles. The summed E-state index contributed by atoms with van der Waals surface area (Å²) in [5.74, 6) is 1.47. The smallest absolute Gasteiger partial charge is 0.231 e. The highest BCUT2D eigenvalue weighted by molar-refractivity contribution is 7.14. The maximum absolute atomic E-state index is 10.1. The second-order valence-electron chi connectivity index (χ2n) is 5.72. The normalized spacial score (nSPS) is 10.9. The lowest BCUT2D eigenvalue weighted by Crippen LogP contribution is -2.04. The van der Waals surface area contributed by atoms with E-state index in [1.54, 1.807) is 18.4 Å². The Balaban J connectivity index is 0.00000163. The molecular weight excluding hydrogens is 342 g/mol. The predicted octanol–water partition coefficient (Wildman–Crippen LogP) is 6.37. The number of rotatable bonds is 6. The van der Waals surface area contributed by atoms with Crippen molar-refractivity contribution in [1.82, 2.24) is 0 Å². The molecule has 0 unspecified atom stereocenters. The molecule has 0 aliphatic carbocycles. The number of hydrogen-bond acceptors (Lipinski definition) is 4. The van der Waals surface area contributed by atoms with Crippen LogP contribution in [0.1, 0.15) is 60.6 Å². The molecule has 26 heavy (non-hydrogen) atoms. The number of benzene rings is 1. The quantitative estimate of drug-likeness (QED) is 0.363. The Bertz CT molecular complexity index is 759. The zero-order valence-corrected chi connectivity index (χ0v) is 17.7. The Morgan fingerprint density at radius 2 is 1.92 bits per heavy atom. The molecule has 0 saturated heterocycles. The number of phenols is 1. The first-order valence-corrected chi connectivity index (χ1v) is 10.1. The first-order chi connectivity index (χ1) is 12.5. The monoisotopic (exact) mass is 373 g/mol. The number of aromatic hydroxyl groups is 1. The van der Waals surface area contributed by atoms with E-state index in [0.717, 1.165) is 40.8 Å².